The van der Waals surface area contributed by atoms with E-state index in [9.17, 15) is 0 Å². The molecule has 5 rings (SSSR count). The van der Waals surface area contributed by atoms with Crippen molar-refractivity contribution in [1.82, 2.24) is 4.57 Å². The van der Waals surface area contributed by atoms with Gasteiger partial charge in [-0.05, 0) is 74.2 Å². The van der Waals surface area contributed by atoms with Gasteiger partial charge < -0.3 is 4.57 Å². The molecular formula is C35H47N3S. The van der Waals surface area contributed by atoms with Gasteiger partial charge in [0.05, 0.1) is 11.2 Å². The van der Waals surface area contributed by atoms with Gasteiger partial charge in [0.2, 0.25) is 0 Å². The van der Waals surface area contributed by atoms with Gasteiger partial charge in [-0.25, -0.2) is 0 Å². The summed E-state index contributed by atoms with van der Waals surface area (Å²) >= 11 is 1.95. The molecule has 3 nitrogen and oxygen atoms in total. The highest BCUT2D eigenvalue weighted by atomic mass is 32.1. The molecule has 0 bridgehead atoms. The summed E-state index contributed by atoms with van der Waals surface area (Å²) in [6.45, 7) is 21.7. The van der Waals surface area contributed by atoms with Gasteiger partial charge in [-0.1, -0.05) is 88.9 Å². The molecule has 0 saturated heterocycles. The molecule has 0 radical (unpaired) electrons. The van der Waals surface area contributed by atoms with E-state index < -0.39 is 0 Å². The molecule has 1 aliphatic carbocycles. The summed E-state index contributed by atoms with van der Waals surface area (Å²) in [5, 5.41) is 1.28. The second kappa shape index (κ2) is 18.0. The average Bonchev–Trinajstić information content (AvgIpc) is 3.65. The van der Waals surface area contributed by atoms with Gasteiger partial charge in [-0.2, -0.15) is 0 Å². The standard InChI is InChI=1S/C28H25NS.C3H6.2C2H6.H4N2/c1-4-10-22-25-18-20(17-24-19(3)30-28-14-9-13-23(24)28)15-16-27(25)29(26(22)5-2)21-11-7-6-8-12-21;1-3-2;3*1-2/h4-13,15-16,18H,2,14,17H2,1,3H3;3H,1H2,2H3;2*1-2H3;1-2H2/b10-4-;;;;. The fourth-order valence-electron chi connectivity index (χ4n) is 4.60. The van der Waals surface area contributed by atoms with Gasteiger partial charge >= 0.3 is 0 Å². The predicted octanol–water partition coefficient (Wildman–Crippen LogP) is 9.90. The van der Waals surface area contributed by atoms with E-state index in [-0.39, 0.29) is 0 Å². The van der Waals surface area contributed by atoms with E-state index in [1.54, 1.807) is 6.08 Å². The van der Waals surface area contributed by atoms with Crippen molar-refractivity contribution in [3.8, 4) is 5.69 Å². The number of hydrogen-bond donors (Lipinski definition) is 2. The Bertz CT molecular complexity index is 1370. The van der Waals surface area contributed by atoms with Crippen LogP contribution in [0.1, 0.15) is 79.2 Å². The summed E-state index contributed by atoms with van der Waals surface area (Å²) in [4.78, 5) is 2.97. The normalized spacial score (nSPS) is 10.7. The number of hydrogen-bond acceptors (Lipinski definition) is 3. The molecule has 0 atom stereocenters. The maximum Gasteiger partial charge on any atom is 0.0541 e. The third-order valence-electron chi connectivity index (χ3n) is 5.95. The molecule has 0 fully saturated rings. The molecule has 0 aliphatic heterocycles. The van der Waals surface area contributed by atoms with Crippen LogP contribution in [0.5, 0.6) is 0 Å². The number of rotatable bonds is 5. The lowest BCUT2D eigenvalue weighted by atomic mass is 9.99. The fourth-order valence-corrected chi connectivity index (χ4v) is 5.76. The van der Waals surface area contributed by atoms with E-state index in [0.717, 1.165) is 24.2 Å². The molecule has 208 valence electrons. The number of fused-ring (bicyclic) bond motifs is 2. The van der Waals surface area contributed by atoms with E-state index >= 15 is 0 Å². The maximum absolute atomic E-state index is 4.13. The lowest BCUT2D eigenvalue weighted by Gasteiger charge is -2.09. The molecule has 2 aromatic heterocycles. The first-order valence-corrected chi connectivity index (χ1v) is 14.6. The number of allylic oxidation sites excluding steroid dienone is 3. The Balaban J connectivity index is 0.000000763. The van der Waals surface area contributed by atoms with Crippen molar-refractivity contribution < 1.29 is 0 Å². The van der Waals surface area contributed by atoms with E-state index in [2.05, 4.69) is 116 Å². The summed E-state index contributed by atoms with van der Waals surface area (Å²) in [6, 6.07) is 17.5. The Morgan fingerprint density at radius 1 is 0.974 bits per heavy atom. The third-order valence-corrected chi connectivity index (χ3v) is 7.13. The zero-order valence-electron chi connectivity index (χ0n) is 24.9. The number of nitrogens with zero attached hydrogens (tertiary/aromatic N) is 1. The second-order valence-electron chi connectivity index (χ2n) is 8.19. The molecule has 4 N–H and O–H groups in total. The van der Waals surface area contributed by atoms with Gasteiger partial charge in [0.15, 0.2) is 0 Å². The molecule has 0 amide bonds. The first-order valence-electron chi connectivity index (χ1n) is 13.8. The molecule has 2 heterocycles. The Labute approximate surface area is 240 Å². The monoisotopic (exact) mass is 541 g/mol. The van der Waals surface area contributed by atoms with Crippen molar-refractivity contribution in [3.05, 3.63) is 118 Å². The van der Waals surface area contributed by atoms with Crippen LogP contribution in [-0.4, -0.2) is 4.57 Å². The zero-order chi connectivity index (χ0) is 29.4. The number of thiophene rings is 1. The smallest absolute Gasteiger partial charge is 0.0541 e. The summed E-state index contributed by atoms with van der Waals surface area (Å²) in [5.41, 5.74) is 9.07. The van der Waals surface area contributed by atoms with E-state index in [0.29, 0.717) is 0 Å². The largest absolute Gasteiger partial charge is 0.309 e. The van der Waals surface area contributed by atoms with Crippen LogP contribution in [0.25, 0.3) is 34.8 Å². The molecule has 1 aliphatic rings. The molecule has 4 heteroatoms. The van der Waals surface area contributed by atoms with E-state index in [1.165, 1.54) is 42.9 Å². The van der Waals surface area contributed by atoms with E-state index in [1.807, 2.05) is 52.0 Å². The van der Waals surface area contributed by atoms with Gasteiger partial charge in [0.25, 0.3) is 0 Å². The van der Waals surface area contributed by atoms with Gasteiger partial charge in [0.1, 0.15) is 0 Å². The van der Waals surface area contributed by atoms with Crippen molar-refractivity contribution in [3.63, 3.8) is 0 Å². The van der Waals surface area contributed by atoms with Crippen LogP contribution < -0.4 is 11.7 Å². The summed E-state index contributed by atoms with van der Waals surface area (Å²) < 4.78 is 2.32. The second-order valence-corrected chi connectivity index (χ2v) is 9.50. The van der Waals surface area contributed by atoms with Crippen molar-refractivity contribution >= 4 is 40.5 Å². The zero-order valence-corrected chi connectivity index (χ0v) is 25.7. The SMILES string of the molecule is C=CC.C=Cc1c(/C=C\C)c2cc(Cc3c(C)sc4c3C=CC4)ccc2n1-c1ccccc1.CC.CC.NN. The molecular weight excluding hydrogens is 494 g/mol. The number of aromatic nitrogens is 1. The summed E-state index contributed by atoms with van der Waals surface area (Å²) in [6.07, 6.45) is 14.7. The number of aryl methyl sites for hydroxylation is 1. The van der Waals surface area contributed by atoms with Crippen molar-refractivity contribution in [2.75, 3.05) is 0 Å². The van der Waals surface area contributed by atoms with Crippen molar-refractivity contribution in [1.29, 1.82) is 0 Å². The third kappa shape index (κ3) is 7.79. The summed E-state index contributed by atoms with van der Waals surface area (Å²) in [5.74, 6) is 8.00. The highest BCUT2D eigenvalue weighted by Gasteiger charge is 2.19. The topological polar surface area (TPSA) is 57.0 Å². The van der Waals surface area contributed by atoms with Gasteiger partial charge in [-0.3, -0.25) is 11.7 Å². The fraction of sp³-hybridized carbons (Fsp3) is 0.257. The average molecular weight is 542 g/mol. The van der Waals surface area contributed by atoms with Crippen LogP contribution in [0.2, 0.25) is 0 Å². The Morgan fingerprint density at radius 3 is 2.21 bits per heavy atom. The minimum atomic E-state index is 0.979. The number of para-hydroxylation sites is 1. The number of nitrogens with two attached hydrogens (primary N) is 2. The maximum atomic E-state index is 4.13. The predicted molar refractivity (Wildman–Crippen MR) is 180 cm³/mol. The quantitative estimate of drug-likeness (QED) is 0.150. The van der Waals surface area contributed by atoms with E-state index in [4.69, 9.17) is 0 Å². The van der Waals surface area contributed by atoms with Crippen LogP contribution >= 0.6 is 11.3 Å². The Hall–Kier alpha value is -3.44. The Morgan fingerprint density at radius 2 is 1.62 bits per heavy atom. The number of benzene rings is 2. The van der Waals surface area contributed by atoms with Crippen LogP contribution in [0.4, 0.5) is 0 Å². The van der Waals surface area contributed by atoms with Crippen LogP contribution in [0.3, 0.4) is 0 Å². The minimum Gasteiger partial charge on any atom is -0.309 e. The van der Waals surface area contributed by atoms with Crippen molar-refractivity contribution in [2.45, 2.75) is 61.3 Å². The highest BCUT2D eigenvalue weighted by Crippen LogP contribution is 2.37. The van der Waals surface area contributed by atoms with Crippen LogP contribution in [0, 0.1) is 6.92 Å². The van der Waals surface area contributed by atoms with Gasteiger partial charge in [0, 0.05) is 32.8 Å². The lowest BCUT2D eigenvalue weighted by Crippen LogP contribution is -2.02. The molecule has 0 spiro atoms. The molecule has 39 heavy (non-hydrogen) atoms. The lowest BCUT2D eigenvalue weighted by molar-refractivity contribution is 1.10. The molecule has 0 saturated carbocycles. The first kappa shape index (κ1) is 33.6. The number of hydrazine groups is 1. The molecule has 0 unspecified atom stereocenters. The van der Waals surface area contributed by atoms with Crippen LogP contribution in [-0.2, 0) is 12.8 Å². The summed E-state index contributed by atoms with van der Waals surface area (Å²) in [7, 11) is 0. The minimum absolute atomic E-state index is 0.979. The van der Waals surface area contributed by atoms with Crippen LogP contribution in [0.15, 0.2) is 79.9 Å². The molecule has 4 aromatic rings. The highest BCUT2D eigenvalue weighted by molar-refractivity contribution is 7.12. The van der Waals surface area contributed by atoms with Crippen molar-refractivity contribution in [2.24, 2.45) is 11.7 Å². The first-order chi connectivity index (χ1) is 19.1. The van der Waals surface area contributed by atoms with Gasteiger partial charge in [-0.15, -0.1) is 17.9 Å². The molecule has 2 aromatic carbocycles. The Kier molecular flexibility index (Phi) is 15.5.